The Labute approximate surface area is 180 Å². The number of benzene rings is 1. The van der Waals surface area contributed by atoms with Crippen molar-refractivity contribution in [3.63, 3.8) is 0 Å². The number of anilines is 1. The summed E-state index contributed by atoms with van der Waals surface area (Å²) in [6.07, 6.45) is 2.93. The van der Waals surface area contributed by atoms with Crippen molar-refractivity contribution < 1.29 is 4.79 Å². The van der Waals surface area contributed by atoms with Crippen LogP contribution in [-0.4, -0.2) is 20.9 Å². The molecule has 1 aliphatic carbocycles. The monoisotopic (exact) mass is 424 g/mol. The number of nitrogens with zero attached hydrogens (tertiary/aromatic N) is 3. The van der Waals surface area contributed by atoms with E-state index in [0.717, 1.165) is 41.6 Å². The third kappa shape index (κ3) is 3.90. The van der Waals surface area contributed by atoms with Gasteiger partial charge in [-0.1, -0.05) is 43.7 Å². The molecule has 2 aromatic heterocycles. The summed E-state index contributed by atoms with van der Waals surface area (Å²) in [5, 5.41) is 11.8. The molecule has 0 spiro atoms. The van der Waals surface area contributed by atoms with Gasteiger partial charge in [-0.25, -0.2) is 4.68 Å². The lowest BCUT2D eigenvalue weighted by Gasteiger charge is -2.33. The molecule has 30 heavy (non-hydrogen) atoms. The van der Waals surface area contributed by atoms with Crippen LogP contribution in [0.15, 0.2) is 23.0 Å². The summed E-state index contributed by atoms with van der Waals surface area (Å²) in [6, 6.07) is 5.83. The number of nitrogens with one attached hydrogen (secondary N) is 1. The molecule has 4 rings (SSSR count). The molecule has 1 aliphatic rings. The van der Waals surface area contributed by atoms with Crippen molar-refractivity contribution in [2.75, 3.05) is 5.32 Å². The molecule has 0 saturated carbocycles. The van der Waals surface area contributed by atoms with Crippen LogP contribution in [0.2, 0.25) is 0 Å². The van der Waals surface area contributed by atoms with Crippen LogP contribution in [0, 0.1) is 25.2 Å². The van der Waals surface area contributed by atoms with Gasteiger partial charge in [0.25, 0.3) is 5.56 Å². The van der Waals surface area contributed by atoms with Gasteiger partial charge < -0.3 is 5.32 Å². The van der Waals surface area contributed by atoms with Crippen molar-refractivity contribution in [1.82, 2.24) is 15.0 Å². The van der Waals surface area contributed by atoms with Crippen LogP contribution in [0.5, 0.6) is 0 Å². The van der Waals surface area contributed by atoms with Crippen LogP contribution in [0.25, 0.3) is 10.2 Å². The number of aryl methyl sites for hydroxylation is 3. The molecule has 7 heteroatoms. The number of amides is 1. The maximum atomic E-state index is 13.1. The molecule has 0 radical (unpaired) electrons. The van der Waals surface area contributed by atoms with Crippen molar-refractivity contribution in [1.29, 1.82) is 0 Å². The van der Waals surface area contributed by atoms with E-state index in [0.29, 0.717) is 16.1 Å². The van der Waals surface area contributed by atoms with E-state index in [2.05, 4.69) is 36.4 Å². The van der Waals surface area contributed by atoms with E-state index in [1.165, 1.54) is 9.56 Å². The maximum absolute atomic E-state index is 13.1. The SMILES string of the molecule is Cc1ccc(NC(=O)Cn2nnc3sc4c(c3c2=O)CC[C@H](C(C)(C)C)C4)c(C)c1. The van der Waals surface area contributed by atoms with Gasteiger partial charge in [-0.3, -0.25) is 9.59 Å². The van der Waals surface area contributed by atoms with Gasteiger partial charge in [0.1, 0.15) is 6.54 Å². The summed E-state index contributed by atoms with van der Waals surface area (Å²) in [5.74, 6) is 0.311. The number of thiophene rings is 1. The first-order valence-corrected chi connectivity index (χ1v) is 11.2. The normalized spacial score (nSPS) is 16.5. The topological polar surface area (TPSA) is 76.9 Å². The van der Waals surface area contributed by atoms with Crippen LogP contribution in [0.1, 0.15) is 48.8 Å². The van der Waals surface area contributed by atoms with Crippen molar-refractivity contribution in [3.8, 4) is 0 Å². The molecule has 0 aliphatic heterocycles. The zero-order valence-electron chi connectivity index (χ0n) is 18.2. The molecule has 158 valence electrons. The minimum atomic E-state index is -0.283. The predicted octanol–water partition coefficient (Wildman–Crippen LogP) is 4.26. The fraction of sp³-hybridized carbons (Fsp3) is 0.478. The van der Waals surface area contributed by atoms with Gasteiger partial charge in [-0.2, -0.15) is 0 Å². The first kappa shape index (κ1) is 20.7. The van der Waals surface area contributed by atoms with Crippen LogP contribution in [-0.2, 0) is 24.2 Å². The summed E-state index contributed by atoms with van der Waals surface area (Å²) < 4.78 is 1.18. The van der Waals surface area contributed by atoms with Crippen molar-refractivity contribution in [3.05, 3.63) is 50.1 Å². The molecule has 0 bridgehead atoms. The fourth-order valence-corrected chi connectivity index (χ4v) is 5.48. The molecule has 1 amide bonds. The molecule has 1 N–H and O–H groups in total. The van der Waals surface area contributed by atoms with Crippen LogP contribution in [0.4, 0.5) is 5.69 Å². The molecule has 0 saturated heterocycles. The minimum absolute atomic E-state index is 0.148. The van der Waals surface area contributed by atoms with Gasteiger partial charge in [0.05, 0.1) is 5.39 Å². The zero-order chi connectivity index (χ0) is 21.6. The van der Waals surface area contributed by atoms with Gasteiger partial charge in [-0.05, 0) is 61.6 Å². The minimum Gasteiger partial charge on any atom is -0.324 e. The highest BCUT2D eigenvalue weighted by molar-refractivity contribution is 7.18. The number of rotatable bonds is 3. The van der Waals surface area contributed by atoms with Gasteiger partial charge in [-0.15, -0.1) is 16.4 Å². The summed E-state index contributed by atoms with van der Waals surface area (Å²) in [6.45, 7) is 10.6. The lowest BCUT2D eigenvalue weighted by atomic mass is 9.72. The van der Waals surface area contributed by atoms with Gasteiger partial charge >= 0.3 is 0 Å². The van der Waals surface area contributed by atoms with Gasteiger partial charge in [0, 0.05) is 10.6 Å². The van der Waals surface area contributed by atoms with E-state index in [-0.39, 0.29) is 23.4 Å². The third-order valence-electron chi connectivity index (χ3n) is 6.11. The Morgan fingerprint density at radius 3 is 2.77 bits per heavy atom. The summed E-state index contributed by atoms with van der Waals surface area (Å²) in [4.78, 5) is 27.6. The Bertz CT molecular complexity index is 1190. The van der Waals surface area contributed by atoms with E-state index < -0.39 is 0 Å². The number of carbonyl (C=O) groups is 1. The third-order valence-corrected chi connectivity index (χ3v) is 7.25. The Balaban J connectivity index is 1.60. The van der Waals surface area contributed by atoms with Crippen molar-refractivity contribution in [2.24, 2.45) is 11.3 Å². The highest BCUT2D eigenvalue weighted by Crippen LogP contribution is 2.41. The number of aromatic nitrogens is 3. The first-order valence-electron chi connectivity index (χ1n) is 10.4. The fourth-order valence-electron chi connectivity index (χ4n) is 4.25. The molecule has 1 atom stereocenters. The molecule has 1 aromatic carbocycles. The maximum Gasteiger partial charge on any atom is 0.279 e. The van der Waals surface area contributed by atoms with Crippen molar-refractivity contribution in [2.45, 2.75) is 60.4 Å². The molecule has 0 unspecified atom stereocenters. The molecule has 6 nitrogen and oxygen atoms in total. The van der Waals surface area contributed by atoms with Crippen LogP contribution < -0.4 is 10.9 Å². The lowest BCUT2D eigenvalue weighted by molar-refractivity contribution is -0.117. The van der Waals surface area contributed by atoms with E-state index in [1.54, 1.807) is 11.3 Å². The van der Waals surface area contributed by atoms with Crippen LogP contribution >= 0.6 is 11.3 Å². The summed E-state index contributed by atoms with van der Waals surface area (Å²) in [5.41, 5.74) is 3.99. The average molecular weight is 425 g/mol. The molecule has 0 fully saturated rings. The second-order valence-electron chi connectivity index (χ2n) is 9.41. The predicted molar refractivity (Wildman–Crippen MR) is 121 cm³/mol. The molecule has 2 heterocycles. The van der Waals surface area contributed by atoms with Crippen molar-refractivity contribution >= 4 is 33.1 Å². The van der Waals surface area contributed by atoms with Crippen LogP contribution in [0.3, 0.4) is 0 Å². The number of hydrogen-bond donors (Lipinski definition) is 1. The van der Waals surface area contributed by atoms with E-state index in [9.17, 15) is 9.59 Å². The zero-order valence-corrected chi connectivity index (χ0v) is 19.0. The standard InChI is InChI=1S/C23H28N4O2S/c1-13-6-9-17(14(2)10-13)24-19(28)12-27-22(29)20-16-8-7-15(23(3,4)5)11-18(16)30-21(20)25-26-27/h6,9-10,15H,7-8,11-12H2,1-5H3,(H,24,28)/t15-/m0/s1. The van der Waals surface area contributed by atoms with E-state index in [4.69, 9.17) is 0 Å². The Morgan fingerprint density at radius 1 is 1.30 bits per heavy atom. The Hall–Kier alpha value is -2.54. The largest absolute Gasteiger partial charge is 0.324 e. The molecular formula is C23H28N4O2S. The summed E-state index contributed by atoms with van der Waals surface area (Å²) in [7, 11) is 0. The Kier molecular flexibility index (Phi) is 5.26. The molecular weight excluding hydrogens is 396 g/mol. The highest BCUT2D eigenvalue weighted by atomic mass is 32.1. The number of fused-ring (bicyclic) bond motifs is 3. The quantitative estimate of drug-likeness (QED) is 0.682. The lowest BCUT2D eigenvalue weighted by Crippen LogP contribution is -2.31. The average Bonchev–Trinajstić information content (AvgIpc) is 3.04. The Morgan fingerprint density at radius 2 is 2.07 bits per heavy atom. The molecule has 3 aromatic rings. The second kappa shape index (κ2) is 7.61. The smallest absolute Gasteiger partial charge is 0.279 e. The second-order valence-corrected chi connectivity index (χ2v) is 10.5. The van der Waals surface area contributed by atoms with Gasteiger partial charge in [0.2, 0.25) is 5.91 Å². The van der Waals surface area contributed by atoms with E-state index >= 15 is 0 Å². The highest BCUT2D eigenvalue weighted by Gasteiger charge is 2.32. The van der Waals surface area contributed by atoms with E-state index in [1.807, 2.05) is 32.0 Å². The number of hydrogen-bond acceptors (Lipinski definition) is 5. The number of carbonyl (C=O) groups excluding carboxylic acids is 1. The van der Waals surface area contributed by atoms with Gasteiger partial charge in [0.15, 0.2) is 4.83 Å². The summed E-state index contributed by atoms with van der Waals surface area (Å²) >= 11 is 1.58. The first-order chi connectivity index (χ1) is 14.1.